The lowest BCUT2D eigenvalue weighted by atomic mass is 10.0. The molecule has 0 saturated carbocycles. The summed E-state index contributed by atoms with van der Waals surface area (Å²) in [6.45, 7) is 16.4. The van der Waals surface area contributed by atoms with E-state index in [2.05, 4.69) is 37.5 Å². The summed E-state index contributed by atoms with van der Waals surface area (Å²) in [6, 6.07) is 0. The van der Waals surface area contributed by atoms with E-state index in [1.165, 1.54) is 58.5 Å². The van der Waals surface area contributed by atoms with Crippen LogP contribution in [0.5, 0.6) is 0 Å². The van der Waals surface area contributed by atoms with Crippen molar-refractivity contribution in [2.75, 3.05) is 46.4 Å². The van der Waals surface area contributed by atoms with E-state index in [-0.39, 0.29) is 5.60 Å². The number of methoxy groups -OCH3 is 1. The van der Waals surface area contributed by atoms with Crippen LogP contribution < -0.4 is 0 Å². The SMILES string of the molecule is COC(C)(C)CCN1CCN(CCCCC(C)C)CC1. The van der Waals surface area contributed by atoms with Crippen LogP contribution in [0, 0.1) is 5.92 Å². The second kappa shape index (κ2) is 9.01. The van der Waals surface area contributed by atoms with E-state index in [9.17, 15) is 0 Å². The van der Waals surface area contributed by atoms with Gasteiger partial charge in [0.2, 0.25) is 0 Å². The minimum Gasteiger partial charge on any atom is -0.379 e. The number of piperazine rings is 1. The molecule has 0 aromatic rings. The molecule has 1 fully saturated rings. The van der Waals surface area contributed by atoms with Crippen molar-refractivity contribution < 1.29 is 4.74 Å². The summed E-state index contributed by atoms with van der Waals surface area (Å²) >= 11 is 0. The van der Waals surface area contributed by atoms with E-state index >= 15 is 0 Å². The highest BCUT2D eigenvalue weighted by Gasteiger charge is 2.21. The summed E-state index contributed by atoms with van der Waals surface area (Å²) in [5, 5.41) is 0. The Kier molecular flexibility index (Phi) is 8.08. The van der Waals surface area contributed by atoms with Gasteiger partial charge in [-0.05, 0) is 39.2 Å². The first-order valence-corrected chi connectivity index (χ1v) is 8.43. The number of hydrogen-bond donors (Lipinski definition) is 0. The van der Waals surface area contributed by atoms with Crippen LogP contribution in [0.4, 0.5) is 0 Å². The topological polar surface area (TPSA) is 15.7 Å². The first-order chi connectivity index (χ1) is 9.43. The zero-order valence-corrected chi connectivity index (χ0v) is 14.5. The average Bonchev–Trinajstić information content (AvgIpc) is 2.42. The first-order valence-electron chi connectivity index (χ1n) is 8.43. The zero-order chi connectivity index (χ0) is 15.0. The molecule has 20 heavy (non-hydrogen) atoms. The van der Waals surface area contributed by atoms with Crippen molar-refractivity contribution in [1.29, 1.82) is 0 Å². The quantitative estimate of drug-likeness (QED) is 0.605. The Bertz CT molecular complexity index is 245. The molecule has 0 radical (unpaired) electrons. The Hall–Kier alpha value is -0.120. The Labute approximate surface area is 126 Å². The maximum absolute atomic E-state index is 5.50. The second-order valence-electron chi connectivity index (χ2n) is 7.29. The van der Waals surface area contributed by atoms with Crippen LogP contribution in [0.25, 0.3) is 0 Å². The van der Waals surface area contributed by atoms with Crippen LogP contribution in [0.2, 0.25) is 0 Å². The van der Waals surface area contributed by atoms with Crippen LogP contribution in [0.3, 0.4) is 0 Å². The number of rotatable bonds is 9. The average molecular weight is 284 g/mol. The van der Waals surface area contributed by atoms with E-state index < -0.39 is 0 Å². The monoisotopic (exact) mass is 284 g/mol. The predicted molar refractivity (Wildman–Crippen MR) is 87.3 cm³/mol. The highest BCUT2D eigenvalue weighted by atomic mass is 16.5. The third-order valence-electron chi connectivity index (χ3n) is 4.55. The Balaban J connectivity index is 2.08. The standard InChI is InChI=1S/C17H36N2O/c1-16(2)8-6-7-10-18-12-14-19(15-13-18)11-9-17(3,4)20-5/h16H,6-15H2,1-5H3. The zero-order valence-electron chi connectivity index (χ0n) is 14.5. The minimum atomic E-state index is 0.0218. The molecule has 0 N–H and O–H groups in total. The van der Waals surface area contributed by atoms with Crippen LogP contribution in [0.1, 0.15) is 53.4 Å². The summed E-state index contributed by atoms with van der Waals surface area (Å²) in [7, 11) is 1.81. The van der Waals surface area contributed by atoms with Gasteiger partial charge < -0.3 is 14.5 Å². The Morgan fingerprint density at radius 3 is 2.00 bits per heavy atom. The van der Waals surface area contributed by atoms with Gasteiger partial charge in [0.1, 0.15) is 0 Å². The van der Waals surface area contributed by atoms with E-state index in [1.54, 1.807) is 0 Å². The van der Waals surface area contributed by atoms with Crippen LogP contribution >= 0.6 is 0 Å². The van der Waals surface area contributed by atoms with E-state index in [1.807, 2.05) is 7.11 Å². The molecule has 1 saturated heterocycles. The molecule has 0 spiro atoms. The van der Waals surface area contributed by atoms with Crippen LogP contribution in [-0.2, 0) is 4.74 Å². The second-order valence-corrected chi connectivity index (χ2v) is 7.29. The van der Waals surface area contributed by atoms with Gasteiger partial charge in [0.05, 0.1) is 5.60 Å². The highest BCUT2D eigenvalue weighted by Crippen LogP contribution is 2.15. The molecule has 0 atom stereocenters. The van der Waals surface area contributed by atoms with Gasteiger partial charge >= 0.3 is 0 Å². The van der Waals surface area contributed by atoms with Crippen molar-refractivity contribution in [2.24, 2.45) is 5.92 Å². The molecular formula is C17H36N2O. The van der Waals surface area contributed by atoms with Crippen molar-refractivity contribution in [3.63, 3.8) is 0 Å². The first kappa shape index (κ1) is 17.9. The van der Waals surface area contributed by atoms with Gasteiger partial charge in [-0.3, -0.25) is 0 Å². The van der Waals surface area contributed by atoms with Gasteiger partial charge in [0, 0.05) is 39.8 Å². The third-order valence-corrected chi connectivity index (χ3v) is 4.55. The van der Waals surface area contributed by atoms with Gasteiger partial charge in [-0.1, -0.05) is 26.7 Å². The number of hydrogen-bond acceptors (Lipinski definition) is 3. The van der Waals surface area contributed by atoms with Gasteiger partial charge in [-0.15, -0.1) is 0 Å². The summed E-state index contributed by atoms with van der Waals surface area (Å²) in [4.78, 5) is 5.23. The molecule has 0 aromatic carbocycles. The number of nitrogens with zero attached hydrogens (tertiary/aromatic N) is 2. The maximum Gasteiger partial charge on any atom is 0.0634 e. The lowest BCUT2D eigenvalue weighted by molar-refractivity contribution is 0.00328. The molecule has 0 aromatic heterocycles. The van der Waals surface area contributed by atoms with Gasteiger partial charge in [-0.2, -0.15) is 0 Å². The summed E-state index contributed by atoms with van der Waals surface area (Å²) < 4.78 is 5.50. The largest absolute Gasteiger partial charge is 0.379 e. The fourth-order valence-corrected chi connectivity index (χ4v) is 2.65. The lowest BCUT2D eigenvalue weighted by Crippen LogP contribution is -2.47. The summed E-state index contributed by atoms with van der Waals surface area (Å²) in [6.07, 6.45) is 5.26. The summed E-state index contributed by atoms with van der Waals surface area (Å²) in [5.74, 6) is 0.857. The molecule has 1 rings (SSSR count). The van der Waals surface area contributed by atoms with E-state index in [4.69, 9.17) is 4.74 Å². The molecule has 3 heteroatoms. The van der Waals surface area contributed by atoms with Crippen LogP contribution in [-0.4, -0.2) is 61.8 Å². The van der Waals surface area contributed by atoms with Crippen molar-refractivity contribution >= 4 is 0 Å². The van der Waals surface area contributed by atoms with Crippen molar-refractivity contribution in [3.8, 4) is 0 Å². The number of unbranched alkanes of at least 4 members (excludes halogenated alkanes) is 1. The molecular weight excluding hydrogens is 248 g/mol. The minimum absolute atomic E-state index is 0.0218. The normalized spacial score (nSPS) is 18.9. The molecule has 0 unspecified atom stereocenters. The molecule has 0 aliphatic carbocycles. The molecule has 3 nitrogen and oxygen atoms in total. The molecule has 1 aliphatic heterocycles. The fraction of sp³-hybridized carbons (Fsp3) is 1.00. The Morgan fingerprint density at radius 2 is 1.50 bits per heavy atom. The third kappa shape index (κ3) is 7.61. The maximum atomic E-state index is 5.50. The lowest BCUT2D eigenvalue weighted by Gasteiger charge is -2.36. The smallest absolute Gasteiger partial charge is 0.0634 e. The van der Waals surface area contributed by atoms with Gasteiger partial charge in [-0.25, -0.2) is 0 Å². The molecule has 0 amide bonds. The fourth-order valence-electron chi connectivity index (χ4n) is 2.65. The Morgan fingerprint density at radius 1 is 0.950 bits per heavy atom. The molecule has 120 valence electrons. The molecule has 1 heterocycles. The van der Waals surface area contributed by atoms with Crippen molar-refractivity contribution in [3.05, 3.63) is 0 Å². The number of ether oxygens (including phenoxy) is 1. The molecule has 1 aliphatic rings. The predicted octanol–water partition coefficient (Wildman–Crippen LogP) is 3.25. The van der Waals surface area contributed by atoms with Crippen molar-refractivity contribution in [1.82, 2.24) is 9.80 Å². The molecule has 0 bridgehead atoms. The van der Waals surface area contributed by atoms with Crippen molar-refractivity contribution in [2.45, 2.75) is 59.0 Å². The summed E-state index contributed by atoms with van der Waals surface area (Å²) in [5.41, 5.74) is 0.0218. The van der Waals surface area contributed by atoms with Gasteiger partial charge in [0.25, 0.3) is 0 Å². The van der Waals surface area contributed by atoms with E-state index in [0.717, 1.165) is 12.3 Å². The van der Waals surface area contributed by atoms with E-state index in [0.29, 0.717) is 0 Å². The highest BCUT2D eigenvalue weighted by molar-refractivity contribution is 4.76. The van der Waals surface area contributed by atoms with Gasteiger partial charge in [0.15, 0.2) is 0 Å². The van der Waals surface area contributed by atoms with Crippen LogP contribution in [0.15, 0.2) is 0 Å².